The van der Waals surface area contributed by atoms with Gasteiger partial charge in [0.1, 0.15) is 5.69 Å². The van der Waals surface area contributed by atoms with Crippen molar-refractivity contribution in [2.75, 3.05) is 6.54 Å². The second-order valence-corrected chi connectivity index (χ2v) is 5.20. The second kappa shape index (κ2) is 6.02. The van der Waals surface area contributed by atoms with E-state index < -0.39 is 0 Å². The average molecular weight is 264 g/mol. The first-order valence-electron chi connectivity index (χ1n) is 6.70. The summed E-state index contributed by atoms with van der Waals surface area (Å²) in [6.07, 6.45) is 3.40. The molecule has 0 spiro atoms. The molecule has 1 aromatic rings. The van der Waals surface area contributed by atoms with Gasteiger partial charge in [0.25, 0.3) is 11.5 Å². The SMILES string of the molecule is Cn1c(C(=O)NCC2CCCC(O)C2)cccc1=O. The van der Waals surface area contributed by atoms with Crippen LogP contribution in [0.15, 0.2) is 23.0 Å². The Hall–Kier alpha value is -1.62. The van der Waals surface area contributed by atoms with Crippen molar-refractivity contribution in [3.05, 3.63) is 34.2 Å². The van der Waals surface area contributed by atoms with Crippen molar-refractivity contribution in [3.8, 4) is 0 Å². The van der Waals surface area contributed by atoms with Crippen LogP contribution in [0.1, 0.15) is 36.2 Å². The van der Waals surface area contributed by atoms with Gasteiger partial charge < -0.3 is 15.0 Å². The zero-order valence-corrected chi connectivity index (χ0v) is 11.1. The number of pyridine rings is 1. The molecule has 1 heterocycles. The lowest BCUT2D eigenvalue weighted by molar-refractivity contribution is 0.0867. The van der Waals surface area contributed by atoms with Crippen molar-refractivity contribution >= 4 is 5.91 Å². The van der Waals surface area contributed by atoms with Crippen LogP contribution in [0.25, 0.3) is 0 Å². The third-order valence-corrected chi connectivity index (χ3v) is 3.72. The molecule has 104 valence electrons. The molecule has 2 N–H and O–H groups in total. The second-order valence-electron chi connectivity index (χ2n) is 5.20. The molecule has 1 aromatic heterocycles. The molecule has 0 aliphatic heterocycles. The number of carbonyl (C=O) groups is 1. The number of aliphatic hydroxyl groups is 1. The molecule has 0 saturated heterocycles. The van der Waals surface area contributed by atoms with E-state index in [1.54, 1.807) is 19.2 Å². The average Bonchev–Trinajstić information content (AvgIpc) is 2.39. The molecule has 0 bridgehead atoms. The number of aliphatic hydroxyl groups excluding tert-OH is 1. The third-order valence-electron chi connectivity index (χ3n) is 3.72. The van der Waals surface area contributed by atoms with Crippen LogP contribution < -0.4 is 10.9 Å². The summed E-state index contributed by atoms with van der Waals surface area (Å²) in [4.78, 5) is 23.5. The first-order valence-corrected chi connectivity index (χ1v) is 6.70. The monoisotopic (exact) mass is 264 g/mol. The Kier molecular flexibility index (Phi) is 4.37. The van der Waals surface area contributed by atoms with Crippen molar-refractivity contribution in [2.24, 2.45) is 13.0 Å². The number of aromatic nitrogens is 1. The molecule has 1 amide bonds. The standard InChI is InChI=1S/C14H20N2O3/c1-16-12(6-3-7-13(16)18)14(19)15-9-10-4-2-5-11(17)8-10/h3,6-7,10-11,17H,2,4-5,8-9H2,1H3,(H,15,19). The Morgan fingerprint density at radius 2 is 2.26 bits per heavy atom. The Labute approximate surface area is 112 Å². The van der Waals surface area contributed by atoms with Crippen molar-refractivity contribution in [3.63, 3.8) is 0 Å². The van der Waals surface area contributed by atoms with Gasteiger partial charge in [-0.25, -0.2) is 0 Å². The molecule has 0 aromatic carbocycles. The lowest BCUT2D eigenvalue weighted by Gasteiger charge is -2.25. The molecule has 19 heavy (non-hydrogen) atoms. The van der Waals surface area contributed by atoms with Crippen LogP contribution in [-0.2, 0) is 7.05 Å². The van der Waals surface area contributed by atoms with Crippen LogP contribution >= 0.6 is 0 Å². The van der Waals surface area contributed by atoms with Gasteiger partial charge in [-0.05, 0) is 31.2 Å². The maximum absolute atomic E-state index is 12.0. The van der Waals surface area contributed by atoms with Crippen molar-refractivity contribution in [2.45, 2.75) is 31.8 Å². The molecule has 5 nitrogen and oxygen atoms in total. The van der Waals surface area contributed by atoms with Crippen LogP contribution in [0, 0.1) is 5.92 Å². The molecule has 2 atom stereocenters. The highest BCUT2D eigenvalue weighted by atomic mass is 16.3. The Morgan fingerprint density at radius 1 is 1.47 bits per heavy atom. The fourth-order valence-corrected chi connectivity index (χ4v) is 2.57. The van der Waals surface area contributed by atoms with Crippen LogP contribution in [-0.4, -0.2) is 28.2 Å². The first-order chi connectivity index (χ1) is 9.08. The number of carbonyl (C=O) groups excluding carboxylic acids is 1. The fraction of sp³-hybridized carbons (Fsp3) is 0.571. The van der Waals surface area contributed by atoms with E-state index in [-0.39, 0.29) is 17.6 Å². The Bertz CT molecular complexity index is 510. The summed E-state index contributed by atoms with van der Waals surface area (Å²) in [5.41, 5.74) is 0.171. The third kappa shape index (κ3) is 3.44. The van der Waals surface area contributed by atoms with Crippen LogP contribution in [0.3, 0.4) is 0 Å². The lowest BCUT2D eigenvalue weighted by atomic mass is 9.87. The van der Waals surface area contributed by atoms with E-state index in [1.165, 1.54) is 10.6 Å². The van der Waals surface area contributed by atoms with Gasteiger partial charge in [0.15, 0.2) is 0 Å². The summed E-state index contributed by atoms with van der Waals surface area (Å²) in [6, 6.07) is 4.64. The summed E-state index contributed by atoms with van der Waals surface area (Å²) in [5, 5.41) is 12.4. The quantitative estimate of drug-likeness (QED) is 0.842. The predicted octanol–water partition coefficient (Wildman–Crippen LogP) is 0.666. The van der Waals surface area contributed by atoms with Gasteiger partial charge in [-0.3, -0.25) is 9.59 Å². The minimum atomic E-state index is -0.239. The Balaban J connectivity index is 1.94. The molecular weight excluding hydrogens is 244 g/mol. The van der Waals surface area contributed by atoms with Crippen LogP contribution in [0.2, 0.25) is 0 Å². The molecule has 1 aliphatic carbocycles. The molecule has 1 aliphatic rings. The van der Waals surface area contributed by atoms with Crippen molar-refractivity contribution in [1.82, 2.24) is 9.88 Å². The minimum Gasteiger partial charge on any atom is -0.393 e. The van der Waals surface area contributed by atoms with Gasteiger partial charge in [-0.2, -0.15) is 0 Å². The van der Waals surface area contributed by atoms with Crippen LogP contribution in [0.4, 0.5) is 0 Å². The first kappa shape index (κ1) is 13.8. The summed E-state index contributed by atoms with van der Waals surface area (Å²) < 4.78 is 1.34. The molecule has 2 rings (SSSR count). The smallest absolute Gasteiger partial charge is 0.268 e. The largest absolute Gasteiger partial charge is 0.393 e. The van der Waals surface area contributed by atoms with E-state index in [0.717, 1.165) is 25.7 Å². The number of hydrogen-bond acceptors (Lipinski definition) is 3. The molecule has 2 unspecified atom stereocenters. The summed E-state index contributed by atoms with van der Waals surface area (Å²) in [6.45, 7) is 0.555. The van der Waals surface area contributed by atoms with Crippen molar-refractivity contribution in [1.29, 1.82) is 0 Å². The van der Waals surface area contributed by atoms with E-state index in [2.05, 4.69) is 5.32 Å². The van der Waals surface area contributed by atoms with E-state index in [1.807, 2.05) is 0 Å². The van der Waals surface area contributed by atoms with Gasteiger partial charge in [0, 0.05) is 19.7 Å². The highest BCUT2D eigenvalue weighted by Crippen LogP contribution is 2.23. The molecule has 1 fully saturated rings. The number of hydrogen-bond donors (Lipinski definition) is 2. The lowest BCUT2D eigenvalue weighted by Crippen LogP contribution is -2.35. The van der Waals surface area contributed by atoms with E-state index >= 15 is 0 Å². The summed E-state index contributed by atoms with van der Waals surface area (Å²) in [7, 11) is 1.58. The number of rotatable bonds is 3. The van der Waals surface area contributed by atoms with Gasteiger partial charge >= 0.3 is 0 Å². The van der Waals surface area contributed by atoms with Gasteiger partial charge in [-0.1, -0.05) is 12.5 Å². The highest BCUT2D eigenvalue weighted by molar-refractivity contribution is 5.92. The maximum atomic E-state index is 12.0. The number of nitrogens with zero attached hydrogens (tertiary/aromatic N) is 1. The van der Waals surface area contributed by atoms with Gasteiger partial charge in [0.05, 0.1) is 6.10 Å². The van der Waals surface area contributed by atoms with Gasteiger partial charge in [-0.15, -0.1) is 0 Å². The molecule has 1 saturated carbocycles. The topological polar surface area (TPSA) is 71.3 Å². The van der Waals surface area contributed by atoms with E-state index in [9.17, 15) is 14.7 Å². The van der Waals surface area contributed by atoms with Crippen molar-refractivity contribution < 1.29 is 9.90 Å². The fourth-order valence-electron chi connectivity index (χ4n) is 2.57. The molecular formula is C14H20N2O3. The zero-order valence-electron chi connectivity index (χ0n) is 11.1. The normalized spacial score (nSPS) is 23.1. The molecule has 0 radical (unpaired) electrons. The maximum Gasteiger partial charge on any atom is 0.268 e. The molecule has 5 heteroatoms. The van der Waals surface area contributed by atoms with E-state index in [0.29, 0.717) is 18.2 Å². The highest BCUT2D eigenvalue weighted by Gasteiger charge is 2.21. The zero-order chi connectivity index (χ0) is 13.8. The number of nitrogens with one attached hydrogen (secondary N) is 1. The minimum absolute atomic E-state index is 0.194. The summed E-state index contributed by atoms with van der Waals surface area (Å²) in [5.74, 6) is 0.0914. The Morgan fingerprint density at radius 3 is 3.00 bits per heavy atom. The number of amides is 1. The summed E-state index contributed by atoms with van der Waals surface area (Å²) >= 11 is 0. The van der Waals surface area contributed by atoms with Crippen LogP contribution in [0.5, 0.6) is 0 Å². The van der Waals surface area contributed by atoms with Gasteiger partial charge in [0.2, 0.25) is 0 Å². The van der Waals surface area contributed by atoms with E-state index in [4.69, 9.17) is 0 Å². The predicted molar refractivity (Wildman–Crippen MR) is 72.0 cm³/mol.